The van der Waals surface area contributed by atoms with Gasteiger partial charge in [0.25, 0.3) is 0 Å². The van der Waals surface area contributed by atoms with Gasteiger partial charge in [-0.15, -0.1) is 0 Å². The van der Waals surface area contributed by atoms with Crippen molar-refractivity contribution in [2.45, 2.75) is 57.5 Å². The largest absolute Gasteiger partial charge is 0.376 e. The number of hydrogen-bond acceptors (Lipinski definition) is 3. The number of anilines is 1. The van der Waals surface area contributed by atoms with Gasteiger partial charge in [0.15, 0.2) is 0 Å². The molecule has 1 unspecified atom stereocenters. The van der Waals surface area contributed by atoms with Crippen LogP contribution in [0.5, 0.6) is 0 Å². The lowest BCUT2D eigenvalue weighted by Crippen LogP contribution is -2.39. The normalized spacial score (nSPS) is 22.4. The summed E-state index contributed by atoms with van der Waals surface area (Å²) in [5.74, 6) is 0.835. The Balaban J connectivity index is 1.55. The fraction of sp³-hybridized carbons (Fsp3) is 0.667. The third kappa shape index (κ3) is 4.00. The maximum absolute atomic E-state index is 6.05. The molecule has 4 heteroatoms. The fourth-order valence-electron chi connectivity index (χ4n) is 4.51. The summed E-state index contributed by atoms with van der Waals surface area (Å²) in [6, 6.07) is 6.80. The van der Waals surface area contributed by atoms with Gasteiger partial charge in [0.2, 0.25) is 0 Å². The number of ether oxygens (including phenoxy) is 1. The molecule has 2 aromatic rings. The first kappa shape index (κ1) is 16.9. The van der Waals surface area contributed by atoms with Crippen LogP contribution >= 0.6 is 0 Å². The van der Waals surface area contributed by atoms with E-state index in [-0.39, 0.29) is 0 Å². The van der Waals surface area contributed by atoms with Crippen LogP contribution < -0.4 is 4.90 Å². The van der Waals surface area contributed by atoms with Crippen LogP contribution in [-0.4, -0.2) is 35.6 Å². The second kappa shape index (κ2) is 7.77. The minimum Gasteiger partial charge on any atom is -0.376 e. The first-order valence-electron chi connectivity index (χ1n) is 10.1. The predicted molar refractivity (Wildman–Crippen MR) is 103 cm³/mol. The Morgan fingerprint density at radius 1 is 1.08 bits per heavy atom. The first-order chi connectivity index (χ1) is 12.3. The molecule has 4 nitrogen and oxygen atoms in total. The highest BCUT2D eigenvalue weighted by atomic mass is 16.5. The second-order valence-electron chi connectivity index (χ2n) is 7.91. The van der Waals surface area contributed by atoms with Gasteiger partial charge in [-0.05, 0) is 56.2 Å². The number of aryl methyl sites for hydroxylation is 1. The molecule has 1 atom stereocenters. The maximum Gasteiger partial charge on any atom is 0.0749 e. The van der Waals surface area contributed by atoms with Crippen molar-refractivity contribution in [2.24, 2.45) is 13.0 Å². The zero-order valence-electron chi connectivity index (χ0n) is 15.5. The van der Waals surface area contributed by atoms with Crippen molar-refractivity contribution in [2.75, 3.05) is 24.6 Å². The third-order valence-corrected chi connectivity index (χ3v) is 6.00. The number of nitrogens with zero attached hydrogens (tertiary/aromatic N) is 3. The lowest BCUT2D eigenvalue weighted by Gasteiger charge is -2.35. The molecular weight excluding hydrogens is 310 g/mol. The van der Waals surface area contributed by atoms with E-state index in [0.29, 0.717) is 6.10 Å². The molecule has 0 amide bonds. The average Bonchev–Trinajstić information content (AvgIpc) is 3.03. The zero-order valence-corrected chi connectivity index (χ0v) is 15.5. The summed E-state index contributed by atoms with van der Waals surface area (Å²) in [4.78, 5) is 2.60. The molecule has 0 N–H and O–H groups in total. The molecule has 25 heavy (non-hydrogen) atoms. The van der Waals surface area contributed by atoms with Crippen molar-refractivity contribution < 1.29 is 4.74 Å². The van der Waals surface area contributed by atoms with Crippen LogP contribution in [0, 0.1) is 5.92 Å². The van der Waals surface area contributed by atoms with Gasteiger partial charge in [-0.25, -0.2) is 0 Å². The van der Waals surface area contributed by atoms with E-state index in [1.165, 1.54) is 74.5 Å². The van der Waals surface area contributed by atoms with Crippen LogP contribution in [0.4, 0.5) is 5.69 Å². The molecule has 1 aliphatic heterocycles. The van der Waals surface area contributed by atoms with Crippen molar-refractivity contribution in [1.29, 1.82) is 0 Å². The van der Waals surface area contributed by atoms with Crippen LogP contribution in [0.15, 0.2) is 24.4 Å². The quantitative estimate of drug-likeness (QED) is 0.800. The summed E-state index contributed by atoms with van der Waals surface area (Å²) in [7, 11) is 2.01. The number of aromatic nitrogens is 2. The summed E-state index contributed by atoms with van der Waals surface area (Å²) in [5, 5.41) is 5.64. The van der Waals surface area contributed by atoms with Crippen molar-refractivity contribution >= 4 is 16.6 Å². The van der Waals surface area contributed by atoms with E-state index in [2.05, 4.69) is 28.2 Å². The summed E-state index contributed by atoms with van der Waals surface area (Å²) >= 11 is 0. The molecule has 136 valence electrons. The lowest BCUT2D eigenvalue weighted by molar-refractivity contribution is 0.0205. The molecule has 0 spiro atoms. The number of fused-ring (bicyclic) bond motifs is 1. The Morgan fingerprint density at radius 3 is 2.72 bits per heavy atom. The van der Waals surface area contributed by atoms with E-state index in [4.69, 9.17) is 4.74 Å². The first-order valence-corrected chi connectivity index (χ1v) is 10.1. The van der Waals surface area contributed by atoms with E-state index in [9.17, 15) is 0 Å². The number of rotatable bonds is 5. The monoisotopic (exact) mass is 341 g/mol. The van der Waals surface area contributed by atoms with Crippen LogP contribution in [0.2, 0.25) is 0 Å². The van der Waals surface area contributed by atoms with Crippen LogP contribution in [0.3, 0.4) is 0 Å². The Morgan fingerprint density at radius 2 is 1.92 bits per heavy atom. The standard InChI is InChI=1S/C21H31N3O/c1-23-21-11-10-19(13-18(21)14-22-23)24(15-17-7-3-2-4-8-17)16-20-9-5-6-12-25-20/h10-11,13-14,17,20H,2-9,12,15-16H2,1H3. The van der Waals surface area contributed by atoms with Gasteiger partial charge in [-0.3, -0.25) is 4.68 Å². The van der Waals surface area contributed by atoms with E-state index in [1.807, 2.05) is 17.9 Å². The predicted octanol–water partition coefficient (Wildman–Crippen LogP) is 4.53. The fourth-order valence-corrected chi connectivity index (χ4v) is 4.51. The van der Waals surface area contributed by atoms with Crippen LogP contribution in [0.25, 0.3) is 10.9 Å². The molecule has 2 fully saturated rings. The van der Waals surface area contributed by atoms with Gasteiger partial charge in [0.05, 0.1) is 17.8 Å². The average molecular weight is 341 g/mol. The van der Waals surface area contributed by atoms with Gasteiger partial charge in [-0.1, -0.05) is 19.3 Å². The Labute approximate surface area is 151 Å². The van der Waals surface area contributed by atoms with Crippen molar-refractivity contribution in [3.63, 3.8) is 0 Å². The Hall–Kier alpha value is -1.55. The molecule has 2 aliphatic rings. The molecule has 2 heterocycles. The molecular formula is C21H31N3O. The SMILES string of the molecule is Cn1ncc2cc(N(CC3CCCCC3)CC3CCCCO3)ccc21. The van der Waals surface area contributed by atoms with E-state index < -0.39 is 0 Å². The van der Waals surface area contributed by atoms with Gasteiger partial charge in [0.1, 0.15) is 0 Å². The Kier molecular flexibility index (Phi) is 5.25. The highest BCUT2D eigenvalue weighted by molar-refractivity contribution is 5.82. The lowest BCUT2D eigenvalue weighted by atomic mass is 9.88. The highest BCUT2D eigenvalue weighted by Gasteiger charge is 2.22. The van der Waals surface area contributed by atoms with E-state index >= 15 is 0 Å². The molecule has 1 aromatic carbocycles. The van der Waals surface area contributed by atoms with Gasteiger partial charge in [-0.2, -0.15) is 5.10 Å². The topological polar surface area (TPSA) is 30.3 Å². The van der Waals surface area contributed by atoms with Gasteiger partial charge in [0, 0.05) is 37.8 Å². The van der Waals surface area contributed by atoms with E-state index in [1.54, 1.807) is 0 Å². The number of benzene rings is 1. The number of hydrogen-bond donors (Lipinski definition) is 0. The maximum atomic E-state index is 6.05. The summed E-state index contributed by atoms with van der Waals surface area (Å²) in [6.07, 6.45) is 13.1. The Bertz CT molecular complexity index is 664. The van der Waals surface area contributed by atoms with Gasteiger partial charge < -0.3 is 9.64 Å². The molecule has 1 saturated carbocycles. The van der Waals surface area contributed by atoms with E-state index in [0.717, 1.165) is 19.1 Å². The van der Waals surface area contributed by atoms with Crippen molar-refractivity contribution in [1.82, 2.24) is 9.78 Å². The third-order valence-electron chi connectivity index (χ3n) is 6.00. The summed E-state index contributed by atoms with van der Waals surface area (Å²) in [6.45, 7) is 3.14. The van der Waals surface area contributed by atoms with Crippen LogP contribution in [-0.2, 0) is 11.8 Å². The minimum atomic E-state index is 0.391. The molecule has 0 bridgehead atoms. The minimum absolute atomic E-state index is 0.391. The van der Waals surface area contributed by atoms with Crippen molar-refractivity contribution in [3.05, 3.63) is 24.4 Å². The van der Waals surface area contributed by atoms with Gasteiger partial charge >= 0.3 is 0 Å². The highest BCUT2D eigenvalue weighted by Crippen LogP contribution is 2.29. The molecule has 1 aromatic heterocycles. The summed E-state index contributed by atoms with van der Waals surface area (Å²) in [5.41, 5.74) is 2.54. The molecule has 1 saturated heterocycles. The second-order valence-corrected chi connectivity index (χ2v) is 7.91. The van der Waals surface area contributed by atoms with Crippen LogP contribution in [0.1, 0.15) is 51.4 Å². The zero-order chi connectivity index (χ0) is 17.1. The molecule has 0 radical (unpaired) electrons. The van der Waals surface area contributed by atoms with Crippen molar-refractivity contribution in [3.8, 4) is 0 Å². The molecule has 1 aliphatic carbocycles. The molecule has 4 rings (SSSR count). The smallest absolute Gasteiger partial charge is 0.0749 e. The summed E-state index contributed by atoms with van der Waals surface area (Å²) < 4.78 is 8.01.